The van der Waals surface area contributed by atoms with Crippen LogP contribution in [0.15, 0.2) is 24.3 Å². The normalized spacial score (nSPS) is 23.8. The summed E-state index contributed by atoms with van der Waals surface area (Å²) in [4.78, 5) is 0. The fourth-order valence-corrected chi connectivity index (χ4v) is 2.44. The standard InChI is InChI=1S/C14H19F2NO/c15-14(16)11-6-4-10(5-7-11)8-17-9-12-2-1-3-13(12)18/h4-7,12-14,17-18H,1-3,8-9H2. The lowest BCUT2D eigenvalue weighted by Crippen LogP contribution is -2.27. The van der Waals surface area contributed by atoms with Gasteiger partial charge in [-0.3, -0.25) is 0 Å². The quantitative estimate of drug-likeness (QED) is 0.848. The molecule has 2 N–H and O–H groups in total. The van der Waals surface area contributed by atoms with Crippen LogP contribution < -0.4 is 5.32 Å². The highest BCUT2D eigenvalue weighted by Crippen LogP contribution is 2.24. The van der Waals surface area contributed by atoms with Crippen LogP contribution >= 0.6 is 0 Å². The van der Waals surface area contributed by atoms with Crippen LogP contribution in [0.5, 0.6) is 0 Å². The Kier molecular flexibility index (Phi) is 4.66. The van der Waals surface area contributed by atoms with E-state index in [9.17, 15) is 13.9 Å². The second kappa shape index (κ2) is 6.25. The van der Waals surface area contributed by atoms with Crippen LogP contribution in [0.25, 0.3) is 0 Å². The first-order valence-electron chi connectivity index (χ1n) is 6.42. The van der Waals surface area contributed by atoms with E-state index in [1.807, 2.05) is 0 Å². The monoisotopic (exact) mass is 255 g/mol. The molecule has 18 heavy (non-hydrogen) atoms. The molecule has 1 saturated carbocycles. The number of aliphatic hydroxyl groups excluding tert-OH is 1. The van der Waals surface area contributed by atoms with Crippen LogP contribution in [0.2, 0.25) is 0 Å². The second-order valence-electron chi connectivity index (χ2n) is 4.93. The summed E-state index contributed by atoms with van der Waals surface area (Å²) in [6.07, 6.45) is 0.476. The molecule has 1 aromatic carbocycles. The maximum Gasteiger partial charge on any atom is 0.263 e. The summed E-state index contributed by atoms with van der Waals surface area (Å²) in [5, 5.41) is 12.9. The third-order valence-electron chi connectivity index (χ3n) is 3.59. The van der Waals surface area contributed by atoms with E-state index >= 15 is 0 Å². The van der Waals surface area contributed by atoms with Crippen molar-refractivity contribution >= 4 is 0 Å². The van der Waals surface area contributed by atoms with E-state index < -0.39 is 6.43 Å². The third kappa shape index (κ3) is 3.50. The Labute approximate surface area is 106 Å². The van der Waals surface area contributed by atoms with Crippen LogP contribution in [0, 0.1) is 5.92 Å². The number of hydrogen-bond donors (Lipinski definition) is 2. The van der Waals surface area contributed by atoms with Gasteiger partial charge in [0.25, 0.3) is 6.43 Å². The molecule has 0 radical (unpaired) electrons. The Morgan fingerprint density at radius 3 is 2.50 bits per heavy atom. The minimum Gasteiger partial charge on any atom is -0.393 e. The Balaban J connectivity index is 1.76. The molecule has 1 fully saturated rings. The lowest BCUT2D eigenvalue weighted by atomic mass is 10.1. The first-order valence-corrected chi connectivity index (χ1v) is 6.42. The van der Waals surface area contributed by atoms with Crippen LogP contribution in [0.4, 0.5) is 8.78 Å². The van der Waals surface area contributed by atoms with Gasteiger partial charge >= 0.3 is 0 Å². The van der Waals surface area contributed by atoms with E-state index in [-0.39, 0.29) is 11.7 Å². The van der Waals surface area contributed by atoms with Crippen molar-refractivity contribution in [3.8, 4) is 0 Å². The van der Waals surface area contributed by atoms with E-state index in [1.54, 1.807) is 12.1 Å². The molecule has 0 heterocycles. The highest BCUT2D eigenvalue weighted by molar-refractivity contribution is 5.23. The fourth-order valence-electron chi connectivity index (χ4n) is 2.44. The summed E-state index contributed by atoms with van der Waals surface area (Å²) in [7, 11) is 0. The summed E-state index contributed by atoms with van der Waals surface area (Å²) in [6.45, 7) is 1.45. The number of alkyl halides is 2. The van der Waals surface area contributed by atoms with Crippen molar-refractivity contribution in [2.75, 3.05) is 6.54 Å². The molecule has 0 aliphatic heterocycles. The minimum atomic E-state index is -2.40. The van der Waals surface area contributed by atoms with E-state index in [0.717, 1.165) is 31.4 Å². The van der Waals surface area contributed by atoms with E-state index in [1.165, 1.54) is 12.1 Å². The van der Waals surface area contributed by atoms with Crippen molar-refractivity contribution in [3.63, 3.8) is 0 Å². The number of halogens is 2. The maximum absolute atomic E-state index is 12.4. The second-order valence-corrected chi connectivity index (χ2v) is 4.93. The highest BCUT2D eigenvalue weighted by Gasteiger charge is 2.24. The number of nitrogens with one attached hydrogen (secondary N) is 1. The fraction of sp³-hybridized carbons (Fsp3) is 0.571. The number of hydrogen-bond acceptors (Lipinski definition) is 2. The van der Waals surface area contributed by atoms with Crippen molar-refractivity contribution in [2.45, 2.75) is 38.3 Å². The molecule has 2 unspecified atom stereocenters. The lowest BCUT2D eigenvalue weighted by Gasteiger charge is -2.15. The van der Waals surface area contributed by atoms with Crippen LogP contribution in [0.3, 0.4) is 0 Å². The van der Waals surface area contributed by atoms with Crippen molar-refractivity contribution in [3.05, 3.63) is 35.4 Å². The Morgan fingerprint density at radius 2 is 1.94 bits per heavy atom. The van der Waals surface area contributed by atoms with E-state index in [4.69, 9.17) is 0 Å². The number of benzene rings is 1. The molecule has 0 bridgehead atoms. The number of rotatable bonds is 5. The first kappa shape index (κ1) is 13.4. The molecule has 0 amide bonds. The Morgan fingerprint density at radius 1 is 1.22 bits per heavy atom. The van der Waals surface area contributed by atoms with Gasteiger partial charge in [0.15, 0.2) is 0 Å². The third-order valence-corrected chi connectivity index (χ3v) is 3.59. The number of aliphatic hydroxyl groups is 1. The molecule has 2 rings (SSSR count). The predicted octanol–water partition coefficient (Wildman–Crippen LogP) is 2.87. The Bertz CT molecular complexity index is 367. The van der Waals surface area contributed by atoms with Gasteiger partial charge in [-0.05, 0) is 24.3 Å². The summed E-state index contributed by atoms with van der Waals surface area (Å²) >= 11 is 0. The van der Waals surface area contributed by atoms with Gasteiger partial charge in [-0.25, -0.2) is 8.78 Å². The maximum atomic E-state index is 12.4. The molecule has 2 nitrogen and oxygen atoms in total. The van der Waals surface area contributed by atoms with Gasteiger partial charge in [-0.15, -0.1) is 0 Å². The SMILES string of the molecule is OC1CCCC1CNCc1ccc(C(F)F)cc1. The van der Waals surface area contributed by atoms with Crippen LogP contribution in [0.1, 0.15) is 36.8 Å². The zero-order valence-corrected chi connectivity index (χ0v) is 10.3. The van der Waals surface area contributed by atoms with Crippen molar-refractivity contribution in [2.24, 2.45) is 5.92 Å². The van der Waals surface area contributed by atoms with Gasteiger partial charge in [-0.1, -0.05) is 30.7 Å². The molecular weight excluding hydrogens is 236 g/mol. The van der Waals surface area contributed by atoms with Gasteiger partial charge in [-0.2, -0.15) is 0 Å². The van der Waals surface area contributed by atoms with Gasteiger partial charge in [0.2, 0.25) is 0 Å². The van der Waals surface area contributed by atoms with Crippen molar-refractivity contribution in [1.29, 1.82) is 0 Å². The average Bonchev–Trinajstić information content (AvgIpc) is 2.76. The van der Waals surface area contributed by atoms with E-state index in [0.29, 0.717) is 12.5 Å². The van der Waals surface area contributed by atoms with Crippen LogP contribution in [-0.4, -0.2) is 17.8 Å². The molecule has 1 aromatic rings. The summed E-state index contributed by atoms with van der Waals surface area (Å²) in [5.74, 6) is 0.338. The molecular formula is C14H19F2NO. The van der Waals surface area contributed by atoms with Crippen molar-refractivity contribution < 1.29 is 13.9 Å². The highest BCUT2D eigenvalue weighted by atomic mass is 19.3. The molecule has 1 aliphatic rings. The van der Waals surface area contributed by atoms with Gasteiger partial charge < -0.3 is 10.4 Å². The lowest BCUT2D eigenvalue weighted by molar-refractivity contribution is 0.131. The minimum absolute atomic E-state index is 0.0602. The van der Waals surface area contributed by atoms with Gasteiger partial charge in [0.1, 0.15) is 0 Å². The summed E-state index contributed by atoms with van der Waals surface area (Å²) < 4.78 is 24.7. The zero-order chi connectivity index (χ0) is 13.0. The smallest absolute Gasteiger partial charge is 0.263 e. The molecule has 4 heteroatoms. The first-order chi connectivity index (χ1) is 8.66. The molecule has 0 aromatic heterocycles. The summed E-state index contributed by atoms with van der Waals surface area (Å²) in [6, 6.07) is 6.37. The molecule has 2 atom stereocenters. The molecule has 0 saturated heterocycles. The zero-order valence-electron chi connectivity index (χ0n) is 10.3. The molecule has 0 spiro atoms. The van der Waals surface area contributed by atoms with Crippen molar-refractivity contribution in [1.82, 2.24) is 5.32 Å². The summed E-state index contributed by atoms with van der Waals surface area (Å²) in [5.41, 5.74) is 1.05. The topological polar surface area (TPSA) is 32.3 Å². The largest absolute Gasteiger partial charge is 0.393 e. The van der Waals surface area contributed by atoms with Gasteiger partial charge in [0.05, 0.1) is 6.10 Å². The molecule has 1 aliphatic carbocycles. The predicted molar refractivity (Wildman–Crippen MR) is 66.5 cm³/mol. The van der Waals surface area contributed by atoms with Crippen LogP contribution in [-0.2, 0) is 6.54 Å². The average molecular weight is 255 g/mol. The van der Waals surface area contributed by atoms with E-state index in [2.05, 4.69) is 5.32 Å². The van der Waals surface area contributed by atoms with Gasteiger partial charge in [0, 0.05) is 18.7 Å². The Hall–Kier alpha value is -1.00. The molecule has 100 valence electrons.